The van der Waals surface area contributed by atoms with E-state index < -0.39 is 24.0 Å². The van der Waals surface area contributed by atoms with Crippen molar-refractivity contribution in [2.75, 3.05) is 19.6 Å². The molecule has 146 valence electrons. The van der Waals surface area contributed by atoms with Crippen molar-refractivity contribution in [3.05, 3.63) is 59.4 Å². The number of nitrogens with two attached hydrogens (primary N) is 1. The number of nitrogens with zero attached hydrogens (tertiary/aromatic N) is 1. The smallest absolute Gasteiger partial charge is 0.257 e. The van der Waals surface area contributed by atoms with E-state index in [4.69, 9.17) is 10.5 Å². The fourth-order valence-electron chi connectivity index (χ4n) is 2.84. The zero-order valence-electron chi connectivity index (χ0n) is 14.5. The summed E-state index contributed by atoms with van der Waals surface area (Å²) in [5.41, 5.74) is 6.36. The molecule has 0 aliphatic carbocycles. The normalized spacial score (nSPS) is 18.9. The Morgan fingerprint density at radius 1 is 1.19 bits per heavy atom. The number of amides is 1. The second-order valence-corrected chi connectivity index (χ2v) is 6.22. The number of carbonyl (C=O) groups excluding carboxylic acids is 1. The van der Waals surface area contributed by atoms with Crippen molar-refractivity contribution in [3.63, 3.8) is 0 Å². The van der Waals surface area contributed by atoms with Crippen LogP contribution in [0.1, 0.15) is 15.9 Å². The lowest BCUT2D eigenvalue weighted by Gasteiger charge is -2.16. The van der Waals surface area contributed by atoms with Crippen molar-refractivity contribution in [3.8, 4) is 11.5 Å². The van der Waals surface area contributed by atoms with Crippen molar-refractivity contribution in [1.29, 1.82) is 0 Å². The van der Waals surface area contributed by atoms with E-state index in [1.54, 1.807) is 12.1 Å². The van der Waals surface area contributed by atoms with Gasteiger partial charge in [0.05, 0.1) is 12.1 Å². The van der Waals surface area contributed by atoms with Crippen LogP contribution in [0.25, 0.3) is 0 Å². The van der Waals surface area contributed by atoms with Gasteiger partial charge < -0.3 is 20.5 Å². The Balaban J connectivity index is 0.00000261. The van der Waals surface area contributed by atoms with E-state index in [-0.39, 0.29) is 36.8 Å². The van der Waals surface area contributed by atoms with Crippen LogP contribution in [0.5, 0.6) is 11.5 Å². The number of aliphatic hydroxyl groups excluding tert-OH is 1. The van der Waals surface area contributed by atoms with E-state index in [2.05, 4.69) is 0 Å². The lowest BCUT2D eigenvalue weighted by atomic mass is 10.1. The lowest BCUT2D eigenvalue weighted by molar-refractivity contribution is 0.0759. The third-order valence-corrected chi connectivity index (χ3v) is 4.27. The van der Waals surface area contributed by atoms with Gasteiger partial charge >= 0.3 is 0 Å². The molecule has 2 aromatic rings. The predicted molar refractivity (Wildman–Crippen MR) is 99.7 cm³/mol. The van der Waals surface area contributed by atoms with E-state index in [1.807, 2.05) is 12.1 Å². The summed E-state index contributed by atoms with van der Waals surface area (Å²) in [4.78, 5) is 13.5. The number of ether oxygens (including phenoxy) is 1. The van der Waals surface area contributed by atoms with Crippen molar-refractivity contribution < 1.29 is 23.4 Å². The standard InChI is InChI=1S/C19H20F2N2O3.ClH/c20-16-6-5-14(26-13-3-1-12(2-4-13)7-8-22)9-15(16)19(25)23-10-17(21)18(24)11-23;/h1-6,9,17-18,24H,7-8,10-11,22H2;1H/t17-,18-;/m1./s1. The average Bonchev–Trinajstić information content (AvgIpc) is 2.97. The van der Waals surface area contributed by atoms with Crippen LogP contribution < -0.4 is 10.5 Å². The number of alkyl halides is 1. The Kier molecular flexibility index (Phi) is 7.12. The largest absolute Gasteiger partial charge is 0.457 e. The van der Waals surface area contributed by atoms with Crippen molar-refractivity contribution in [1.82, 2.24) is 4.90 Å². The second-order valence-electron chi connectivity index (χ2n) is 6.22. The van der Waals surface area contributed by atoms with Crippen LogP contribution in [0.15, 0.2) is 42.5 Å². The van der Waals surface area contributed by atoms with Gasteiger partial charge in [0.15, 0.2) is 0 Å². The maximum Gasteiger partial charge on any atom is 0.257 e. The number of aliphatic hydroxyl groups is 1. The summed E-state index contributed by atoms with van der Waals surface area (Å²) in [7, 11) is 0. The number of hydrogen-bond donors (Lipinski definition) is 2. The number of benzene rings is 2. The van der Waals surface area contributed by atoms with Gasteiger partial charge in [-0.3, -0.25) is 4.79 Å². The van der Waals surface area contributed by atoms with Crippen LogP contribution >= 0.6 is 12.4 Å². The molecule has 1 amide bonds. The van der Waals surface area contributed by atoms with E-state index in [0.29, 0.717) is 12.3 Å². The number of β-amino-alcohol motifs (C(OH)–C–C–N with tert-alkyl or cyclic N) is 1. The maximum absolute atomic E-state index is 14.1. The van der Waals surface area contributed by atoms with Crippen LogP contribution in [-0.2, 0) is 6.42 Å². The van der Waals surface area contributed by atoms with Gasteiger partial charge in [-0.25, -0.2) is 8.78 Å². The Morgan fingerprint density at radius 3 is 2.44 bits per heavy atom. The molecule has 0 unspecified atom stereocenters. The molecule has 3 N–H and O–H groups in total. The van der Waals surface area contributed by atoms with Crippen LogP contribution in [0.3, 0.4) is 0 Å². The summed E-state index contributed by atoms with van der Waals surface area (Å²) < 4.78 is 33.2. The molecule has 27 heavy (non-hydrogen) atoms. The van der Waals surface area contributed by atoms with Crippen molar-refractivity contribution in [2.24, 2.45) is 5.73 Å². The summed E-state index contributed by atoms with van der Waals surface area (Å²) >= 11 is 0. The molecular weight excluding hydrogens is 378 g/mol. The molecule has 1 aliphatic heterocycles. The molecule has 1 fully saturated rings. The number of carbonyl (C=O) groups is 1. The zero-order valence-corrected chi connectivity index (χ0v) is 15.3. The van der Waals surface area contributed by atoms with Gasteiger partial charge in [-0.05, 0) is 48.9 Å². The second kappa shape index (κ2) is 9.12. The van der Waals surface area contributed by atoms with Gasteiger partial charge in [0.1, 0.15) is 29.6 Å². The first-order valence-corrected chi connectivity index (χ1v) is 8.35. The number of likely N-dealkylation sites (tertiary alicyclic amines) is 1. The highest BCUT2D eigenvalue weighted by Crippen LogP contribution is 2.26. The maximum atomic E-state index is 14.1. The molecular formula is C19H21ClF2N2O3. The number of rotatable bonds is 5. The topological polar surface area (TPSA) is 75.8 Å². The van der Waals surface area contributed by atoms with Gasteiger partial charge in [0.25, 0.3) is 5.91 Å². The Hall–Kier alpha value is -2.22. The number of halogens is 3. The minimum Gasteiger partial charge on any atom is -0.457 e. The molecule has 0 saturated carbocycles. The highest BCUT2D eigenvalue weighted by molar-refractivity contribution is 5.95. The van der Waals surface area contributed by atoms with Gasteiger partial charge in [-0.15, -0.1) is 12.4 Å². The molecule has 0 aromatic heterocycles. The first kappa shape index (κ1) is 21.1. The minimum absolute atomic E-state index is 0. The molecule has 3 rings (SSSR count). The first-order chi connectivity index (χ1) is 12.5. The SMILES string of the molecule is Cl.NCCc1ccc(Oc2ccc(F)c(C(=O)N3C[C@@H](O)[C@H](F)C3)c2)cc1. The van der Waals surface area contributed by atoms with Crippen molar-refractivity contribution >= 4 is 18.3 Å². The Bertz CT molecular complexity index is 779. The molecule has 0 spiro atoms. The molecule has 1 aliphatic rings. The van der Waals surface area contributed by atoms with E-state index >= 15 is 0 Å². The third kappa shape index (κ3) is 4.94. The van der Waals surface area contributed by atoms with E-state index in [0.717, 1.165) is 23.0 Å². The van der Waals surface area contributed by atoms with Gasteiger partial charge in [-0.1, -0.05) is 12.1 Å². The highest BCUT2D eigenvalue weighted by atomic mass is 35.5. The first-order valence-electron chi connectivity index (χ1n) is 8.35. The van der Waals surface area contributed by atoms with Crippen LogP contribution in [0, 0.1) is 5.82 Å². The summed E-state index contributed by atoms with van der Waals surface area (Å²) in [6.07, 6.45) is -2.01. The number of hydrogen-bond acceptors (Lipinski definition) is 4. The minimum atomic E-state index is -1.52. The molecule has 1 saturated heterocycles. The molecule has 0 bridgehead atoms. The third-order valence-electron chi connectivity index (χ3n) is 4.27. The van der Waals surface area contributed by atoms with Gasteiger partial charge in [-0.2, -0.15) is 0 Å². The molecule has 2 aromatic carbocycles. The summed E-state index contributed by atoms with van der Waals surface area (Å²) in [6.45, 7) is 0.134. The molecule has 1 heterocycles. The molecule has 0 radical (unpaired) electrons. The van der Waals surface area contributed by atoms with Gasteiger partial charge in [0, 0.05) is 6.54 Å². The van der Waals surface area contributed by atoms with E-state index in [9.17, 15) is 18.7 Å². The fraction of sp³-hybridized carbons (Fsp3) is 0.316. The quantitative estimate of drug-likeness (QED) is 0.812. The van der Waals surface area contributed by atoms with Crippen molar-refractivity contribution in [2.45, 2.75) is 18.7 Å². The Morgan fingerprint density at radius 2 is 1.85 bits per heavy atom. The van der Waals surface area contributed by atoms with Gasteiger partial charge in [0.2, 0.25) is 0 Å². The molecule has 5 nitrogen and oxygen atoms in total. The lowest BCUT2D eigenvalue weighted by Crippen LogP contribution is -2.30. The van der Waals surface area contributed by atoms with E-state index in [1.165, 1.54) is 12.1 Å². The fourth-order valence-corrected chi connectivity index (χ4v) is 2.84. The predicted octanol–water partition coefficient (Wildman–Crippen LogP) is 2.70. The van der Waals surface area contributed by atoms with Crippen LogP contribution in [0.2, 0.25) is 0 Å². The molecule has 2 atom stereocenters. The summed E-state index contributed by atoms with van der Waals surface area (Å²) in [5.74, 6) is -0.572. The highest BCUT2D eigenvalue weighted by Gasteiger charge is 2.35. The summed E-state index contributed by atoms with van der Waals surface area (Å²) in [6, 6.07) is 11.1. The monoisotopic (exact) mass is 398 g/mol. The van der Waals surface area contributed by atoms with Crippen LogP contribution in [-0.4, -0.2) is 47.8 Å². The Labute approximate surface area is 162 Å². The zero-order chi connectivity index (χ0) is 18.7. The van der Waals surface area contributed by atoms with Crippen LogP contribution in [0.4, 0.5) is 8.78 Å². The average molecular weight is 399 g/mol. The molecule has 8 heteroatoms. The summed E-state index contributed by atoms with van der Waals surface area (Å²) in [5, 5.41) is 9.45.